The van der Waals surface area contributed by atoms with Gasteiger partial charge in [0.25, 0.3) is 11.8 Å². The molecule has 3 aliphatic heterocycles. The van der Waals surface area contributed by atoms with Crippen LogP contribution in [0.15, 0.2) is 42.6 Å². The lowest BCUT2D eigenvalue weighted by Gasteiger charge is -2.29. The molecule has 3 aromatic rings. The number of aromatic nitrogens is 3. The molecule has 0 aliphatic carbocycles. The molecule has 4 amide bonds. The van der Waals surface area contributed by atoms with E-state index in [4.69, 9.17) is 0 Å². The molecule has 6 rings (SSSR count). The first-order valence-electron chi connectivity index (χ1n) is 11.6. The molecule has 1 N–H and O–H groups in total. The maximum Gasteiger partial charge on any atom is 0.280 e. The van der Waals surface area contributed by atoms with Crippen molar-refractivity contribution >= 4 is 29.3 Å². The number of nitrogens with zero attached hydrogens (tertiary/aromatic N) is 5. The zero-order chi connectivity index (χ0) is 25.1. The molecule has 10 nitrogen and oxygen atoms in total. The van der Waals surface area contributed by atoms with E-state index in [9.17, 15) is 23.6 Å². The van der Waals surface area contributed by atoms with Crippen LogP contribution in [0.2, 0.25) is 0 Å². The smallest absolute Gasteiger partial charge is 0.280 e. The highest BCUT2D eigenvalue weighted by Gasteiger charge is 2.39. The number of fused-ring (bicyclic) bond motifs is 2. The van der Waals surface area contributed by atoms with Crippen molar-refractivity contribution in [2.24, 2.45) is 0 Å². The van der Waals surface area contributed by atoms with Crippen LogP contribution in [-0.4, -0.2) is 55.6 Å². The Bertz CT molecular complexity index is 1470. The van der Waals surface area contributed by atoms with E-state index in [2.05, 4.69) is 15.6 Å². The molecule has 0 saturated carbocycles. The van der Waals surface area contributed by atoms with E-state index < -0.39 is 11.9 Å². The fourth-order valence-electron chi connectivity index (χ4n) is 5.22. The first-order chi connectivity index (χ1) is 17.3. The minimum atomic E-state index is -0.694. The minimum absolute atomic E-state index is 0.140. The number of hydrogen-bond acceptors (Lipinski definition) is 6. The van der Waals surface area contributed by atoms with Crippen molar-refractivity contribution < 1.29 is 23.6 Å². The van der Waals surface area contributed by atoms with Crippen LogP contribution in [0, 0.1) is 5.82 Å². The number of piperidine rings is 1. The molecule has 11 heteroatoms. The van der Waals surface area contributed by atoms with Gasteiger partial charge in [-0.3, -0.25) is 24.5 Å². The molecule has 2 aromatic carbocycles. The summed E-state index contributed by atoms with van der Waals surface area (Å²) in [6.07, 6.45) is 2.55. The van der Waals surface area contributed by atoms with Crippen molar-refractivity contribution in [1.82, 2.24) is 25.2 Å². The average Bonchev–Trinajstić information content (AvgIpc) is 3.54. The summed E-state index contributed by atoms with van der Waals surface area (Å²) in [6.45, 7) is 2.12. The Morgan fingerprint density at radius 2 is 1.94 bits per heavy atom. The zero-order valence-electron chi connectivity index (χ0n) is 19.3. The third kappa shape index (κ3) is 3.46. The number of amides is 4. The van der Waals surface area contributed by atoms with Crippen LogP contribution in [0.4, 0.5) is 10.1 Å². The number of nitrogens with one attached hydrogen (secondary N) is 1. The molecule has 0 bridgehead atoms. The Morgan fingerprint density at radius 1 is 1.11 bits per heavy atom. The number of carbonyl (C=O) groups is 4. The summed E-state index contributed by atoms with van der Waals surface area (Å²) in [5.74, 6) is -1.74. The summed E-state index contributed by atoms with van der Waals surface area (Å²) >= 11 is 0. The average molecular weight is 488 g/mol. The number of carbonyl (C=O) groups excluding carboxylic acids is 4. The van der Waals surface area contributed by atoms with Gasteiger partial charge in [0.1, 0.15) is 11.9 Å². The van der Waals surface area contributed by atoms with Crippen LogP contribution in [0.5, 0.6) is 0 Å². The molecule has 3 aliphatic rings. The summed E-state index contributed by atoms with van der Waals surface area (Å²) in [6, 6.07) is 8.67. The second kappa shape index (κ2) is 8.08. The highest BCUT2D eigenvalue weighted by molar-refractivity contribution is 6.07. The van der Waals surface area contributed by atoms with Crippen molar-refractivity contribution in [3.8, 4) is 5.69 Å². The minimum Gasteiger partial charge on any atom is -0.322 e. The van der Waals surface area contributed by atoms with Gasteiger partial charge in [0, 0.05) is 30.3 Å². The molecule has 0 spiro atoms. The number of rotatable bonds is 3. The molecule has 1 fully saturated rings. The molecule has 182 valence electrons. The van der Waals surface area contributed by atoms with Crippen LogP contribution in [0.3, 0.4) is 0 Å². The van der Waals surface area contributed by atoms with Crippen LogP contribution in [-0.2, 0) is 22.6 Å². The van der Waals surface area contributed by atoms with E-state index >= 15 is 0 Å². The summed E-state index contributed by atoms with van der Waals surface area (Å²) in [5, 5.41) is 10.5. The van der Waals surface area contributed by atoms with Gasteiger partial charge in [-0.05, 0) is 67.3 Å². The lowest BCUT2D eigenvalue weighted by molar-refractivity contribution is -0.136. The van der Waals surface area contributed by atoms with Crippen molar-refractivity contribution in [2.75, 3.05) is 4.90 Å². The highest BCUT2D eigenvalue weighted by Crippen LogP contribution is 2.34. The van der Waals surface area contributed by atoms with Gasteiger partial charge in [0.2, 0.25) is 11.8 Å². The van der Waals surface area contributed by atoms with Gasteiger partial charge >= 0.3 is 0 Å². The van der Waals surface area contributed by atoms with Crippen LogP contribution < -0.4 is 10.2 Å². The standard InChI is InChI=1S/C25H21FN6O4/c1-13-8-14-9-16(26)2-5-20(14)32(13)25(36)19-12-31(29-28-19)17-3-4-18-15(10-17)11-30(24(18)35)21-6-7-22(33)27-23(21)34/h2-5,9-10,12-13,21H,6-8,11H2,1H3,(H,27,33,34). The summed E-state index contributed by atoms with van der Waals surface area (Å²) in [5.41, 5.74) is 3.38. The molecular weight excluding hydrogens is 467 g/mol. The number of benzene rings is 2. The van der Waals surface area contributed by atoms with Crippen molar-refractivity contribution in [3.05, 3.63) is 70.8 Å². The van der Waals surface area contributed by atoms with Gasteiger partial charge in [0.15, 0.2) is 5.69 Å². The van der Waals surface area contributed by atoms with Crippen molar-refractivity contribution in [2.45, 2.75) is 44.8 Å². The predicted octanol–water partition coefficient (Wildman–Crippen LogP) is 1.76. The van der Waals surface area contributed by atoms with Crippen LogP contribution >= 0.6 is 0 Å². The molecule has 2 atom stereocenters. The first-order valence-corrected chi connectivity index (χ1v) is 11.6. The summed E-state index contributed by atoms with van der Waals surface area (Å²) in [7, 11) is 0. The molecule has 1 saturated heterocycles. The van der Waals surface area contributed by atoms with Crippen LogP contribution in [0.25, 0.3) is 5.69 Å². The second-order valence-electron chi connectivity index (χ2n) is 9.29. The monoisotopic (exact) mass is 488 g/mol. The fraction of sp³-hybridized carbons (Fsp3) is 0.280. The van der Waals surface area contributed by atoms with Gasteiger partial charge in [-0.2, -0.15) is 0 Å². The maximum absolute atomic E-state index is 13.6. The Kier molecular flexibility index (Phi) is 4.95. The van der Waals surface area contributed by atoms with Gasteiger partial charge in [-0.25, -0.2) is 9.07 Å². The number of hydrogen-bond donors (Lipinski definition) is 1. The normalized spacial score (nSPS) is 21.0. The molecule has 2 unspecified atom stereocenters. The Morgan fingerprint density at radius 3 is 2.75 bits per heavy atom. The lowest BCUT2D eigenvalue weighted by Crippen LogP contribution is -2.52. The van der Waals surface area contributed by atoms with Crippen molar-refractivity contribution in [3.63, 3.8) is 0 Å². The Hall–Kier alpha value is -4.41. The first kappa shape index (κ1) is 22.1. The number of anilines is 1. The maximum atomic E-state index is 13.6. The Balaban J connectivity index is 1.24. The molecular formula is C25H21FN6O4. The topological polar surface area (TPSA) is 118 Å². The summed E-state index contributed by atoms with van der Waals surface area (Å²) in [4.78, 5) is 53.0. The number of imide groups is 1. The molecule has 0 radical (unpaired) electrons. The number of halogens is 1. The van der Waals surface area contributed by atoms with E-state index in [-0.39, 0.29) is 54.7 Å². The van der Waals surface area contributed by atoms with Gasteiger partial charge in [-0.1, -0.05) is 5.21 Å². The second-order valence-corrected chi connectivity index (χ2v) is 9.29. The SMILES string of the molecule is CC1Cc2cc(F)ccc2N1C(=O)c1cn(-c2ccc3c(c2)CN(C2CCC(=O)NC2=O)C3=O)nn1. The lowest BCUT2D eigenvalue weighted by atomic mass is 10.0. The third-order valence-electron chi connectivity index (χ3n) is 6.96. The predicted molar refractivity (Wildman–Crippen MR) is 124 cm³/mol. The zero-order valence-corrected chi connectivity index (χ0v) is 19.3. The molecule has 4 heterocycles. The Labute approximate surface area is 204 Å². The molecule has 1 aromatic heterocycles. The molecule has 36 heavy (non-hydrogen) atoms. The third-order valence-corrected chi connectivity index (χ3v) is 6.96. The summed E-state index contributed by atoms with van der Waals surface area (Å²) < 4.78 is 15.1. The van der Waals surface area contributed by atoms with Crippen molar-refractivity contribution in [1.29, 1.82) is 0 Å². The van der Waals surface area contributed by atoms with Gasteiger partial charge in [-0.15, -0.1) is 5.10 Å². The quantitative estimate of drug-likeness (QED) is 0.562. The van der Waals surface area contributed by atoms with E-state index in [1.807, 2.05) is 6.92 Å². The van der Waals surface area contributed by atoms with E-state index in [0.29, 0.717) is 23.4 Å². The van der Waals surface area contributed by atoms with Gasteiger partial charge < -0.3 is 9.80 Å². The largest absolute Gasteiger partial charge is 0.322 e. The van der Waals surface area contributed by atoms with E-state index in [1.165, 1.54) is 27.9 Å². The van der Waals surface area contributed by atoms with E-state index in [1.54, 1.807) is 29.2 Å². The fourth-order valence-corrected chi connectivity index (χ4v) is 5.22. The van der Waals surface area contributed by atoms with E-state index in [0.717, 1.165) is 11.1 Å². The van der Waals surface area contributed by atoms with Gasteiger partial charge in [0.05, 0.1) is 11.9 Å². The highest BCUT2D eigenvalue weighted by atomic mass is 19.1. The van der Waals surface area contributed by atoms with Crippen LogP contribution in [0.1, 0.15) is 51.7 Å².